The average molecular weight is 463 g/mol. The van der Waals surface area contributed by atoms with Gasteiger partial charge in [0.2, 0.25) is 5.89 Å². The summed E-state index contributed by atoms with van der Waals surface area (Å²) in [7, 11) is 0. The molecule has 0 bridgehead atoms. The predicted octanol–water partition coefficient (Wildman–Crippen LogP) is 2.29. The van der Waals surface area contributed by atoms with Gasteiger partial charge in [0.05, 0.1) is 0 Å². The van der Waals surface area contributed by atoms with Gasteiger partial charge in [0.1, 0.15) is 6.54 Å². The number of aromatic nitrogens is 2. The Labute approximate surface area is 162 Å². The van der Waals surface area contributed by atoms with Crippen molar-refractivity contribution in [2.45, 2.75) is 13.5 Å². The Hall–Kier alpha value is -1.55. The highest BCUT2D eigenvalue weighted by atomic mass is 127. The van der Waals surface area contributed by atoms with Gasteiger partial charge in [-0.05, 0) is 31.2 Å². The van der Waals surface area contributed by atoms with E-state index in [1.165, 1.54) is 5.69 Å². The zero-order valence-corrected chi connectivity index (χ0v) is 16.4. The first-order chi connectivity index (χ1) is 11.1. The van der Waals surface area contributed by atoms with Gasteiger partial charge in [0.15, 0.2) is 11.8 Å². The summed E-state index contributed by atoms with van der Waals surface area (Å²) < 4.78 is 5.03. The molecule has 2 heterocycles. The van der Waals surface area contributed by atoms with E-state index in [1.54, 1.807) is 6.92 Å². The van der Waals surface area contributed by atoms with Gasteiger partial charge in [-0.3, -0.25) is 0 Å². The summed E-state index contributed by atoms with van der Waals surface area (Å²) in [5.41, 5.74) is 7.23. The SMILES string of the molecule is Cc1noc(CN=C(N)N2CCN(c3ccc(Cl)cc3)CC2)n1.I. The van der Waals surface area contributed by atoms with Crippen LogP contribution in [0.5, 0.6) is 0 Å². The van der Waals surface area contributed by atoms with E-state index in [0.29, 0.717) is 24.2 Å². The summed E-state index contributed by atoms with van der Waals surface area (Å²) in [5.74, 6) is 1.59. The fourth-order valence-electron chi connectivity index (χ4n) is 2.50. The van der Waals surface area contributed by atoms with Gasteiger partial charge in [0.25, 0.3) is 0 Å². The Morgan fingerprint density at radius 3 is 2.50 bits per heavy atom. The van der Waals surface area contributed by atoms with Gasteiger partial charge >= 0.3 is 0 Å². The third kappa shape index (κ3) is 4.73. The van der Waals surface area contributed by atoms with Crippen LogP contribution in [0.25, 0.3) is 0 Å². The number of aliphatic imine (C=N–C) groups is 1. The number of hydrogen-bond donors (Lipinski definition) is 1. The second kappa shape index (κ2) is 8.52. The van der Waals surface area contributed by atoms with Gasteiger partial charge in [-0.25, -0.2) is 4.99 Å². The van der Waals surface area contributed by atoms with Crippen LogP contribution in [0.15, 0.2) is 33.8 Å². The van der Waals surface area contributed by atoms with Gasteiger partial charge in [-0.1, -0.05) is 16.8 Å². The topological polar surface area (TPSA) is 83.8 Å². The zero-order chi connectivity index (χ0) is 16.2. The molecule has 1 fully saturated rings. The van der Waals surface area contributed by atoms with Crippen molar-refractivity contribution in [3.8, 4) is 0 Å². The van der Waals surface area contributed by atoms with Crippen molar-refractivity contribution >= 4 is 47.2 Å². The first-order valence-corrected chi connectivity index (χ1v) is 7.84. The number of aryl methyl sites for hydroxylation is 1. The fourth-order valence-corrected chi connectivity index (χ4v) is 2.62. The summed E-state index contributed by atoms with van der Waals surface area (Å²) in [5, 5.41) is 4.48. The summed E-state index contributed by atoms with van der Waals surface area (Å²) in [6.45, 7) is 5.50. The standard InChI is InChI=1S/C15H19ClN6O.HI/c1-11-19-14(23-20-11)10-18-15(17)22-8-6-21(7-9-22)13-4-2-12(16)3-5-13;/h2-5H,6-10H2,1H3,(H2,17,18);1H. The van der Waals surface area contributed by atoms with Crippen molar-refractivity contribution in [3.63, 3.8) is 0 Å². The minimum absolute atomic E-state index is 0. The molecule has 3 rings (SSSR count). The van der Waals surface area contributed by atoms with E-state index in [1.807, 2.05) is 24.3 Å². The molecule has 0 atom stereocenters. The van der Waals surface area contributed by atoms with E-state index < -0.39 is 0 Å². The van der Waals surface area contributed by atoms with E-state index in [4.69, 9.17) is 21.9 Å². The Morgan fingerprint density at radius 1 is 1.25 bits per heavy atom. The van der Waals surface area contributed by atoms with Crippen LogP contribution in [0.3, 0.4) is 0 Å². The van der Waals surface area contributed by atoms with Gasteiger partial charge in [-0.15, -0.1) is 24.0 Å². The molecule has 0 spiro atoms. The summed E-state index contributed by atoms with van der Waals surface area (Å²) >= 11 is 5.93. The number of benzene rings is 1. The third-order valence-corrected chi connectivity index (χ3v) is 3.99. The Morgan fingerprint density at radius 2 is 1.92 bits per heavy atom. The number of anilines is 1. The molecule has 1 aliphatic rings. The van der Waals surface area contributed by atoms with Crippen molar-refractivity contribution in [1.29, 1.82) is 0 Å². The minimum Gasteiger partial charge on any atom is -0.370 e. The Kier molecular flexibility index (Phi) is 6.67. The number of rotatable bonds is 3. The van der Waals surface area contributed by atoms with Crippen LogP contribution in [0, 0.1) is 6.92 Å². The van der Waals surface area contributed by atoms with Gasteiger partial charge in [0, 0.05) is 36.9 Å². The molecular weight excluding hydrogens is 443 g/mol. The van der Waals surface area contributed by atoms with E-state index >= 15 is 0 Å². The smallest absolute Gasteiger partial charge is 0.248 e. The summed E-state index contributed by atoms with van der Waals surface area (Å²) in [4.78, 5) is 12.8. The number of nitrogens with zero attached hydrogens (tertiary/aromatic N) is 5. The van der Waals surface area contributed by atoms with Crippen molar-refractivity contribution in [1.82, 2.24) is 15.0 Å². The van der Waals surface area contributed by atoms with Crippen LogP contribution in [-0.2, 0) is 6.54 Å². The van der Waals surface area contributed by atoms with Gasteiger partial charge in [-0.2, -0.15) is 4.98 Å². The molecule has 2 aromatic rings. The van der Waals surface area contributed by atoms with Crippen LogP contribution in [0.1, 0.15) is 11.7 Å². The largest absolute Gasteiger partial charge is 0.370 e. The zero-order valence-electron chi connectivity index (χ0n) is 13.4. The first-order valence-electron chi connectivity index (χ1n) is 7.46. The van der Waals surface area contributed by atoms with Crippen molar-refractivity contribution in [2.75, 3.05) is 31.1 Å². The van der Waals surface area contributed by atoms with Crippen LogP contribution in [0.2, 0.25) is 5.02 Å². The molecule has 24 heavy (non-hydrogen) atoms. The molecule has 0 radical (unpaired) electrons. The van der Waals surface area contributed by atoms with Crippen molar-refractivity contribution < 1.29 is 4.52 Å². The maximum atomic E-state index is 6.06. The molecule has 1 saturated heterocycles. The lowest BCUT2D eigenvalue weighted by atomic mass is 10.2. The predicted molar refractivity (Wildman–Crippen MR) is 105 cm³/mol. The quantitative estimate of drug-likeness (QED) is 0.428. The molecule has 130 valence electrons. The molecule has 0 aliphatic carbocycles. The van der Waals surface area contributed by atoms with Crippen molar-refractivity contribution in [3.05, 3.63) is 41.0 Å². The first kappa shape index (κ1) is 18.8. The molecule has 9 heteroatoms. The number of halogens is 2. The molecule has 0 saturated carbocycles. The highest BCUT2D eigenvalue weighted by molar-refractivity contribution is 14.0. The average Bonchev–Trinajstić information content (AvgIpc) is 2.99. The Balaban J connectivity index is 0.00000208. The Bertz CT molecular complexity index is 682. The molecule has 2 N–H and O–H groups in total. The molecule has 0 amide bonds. The molecule has 1 aliphatic heterocycles. The highest BCUT2D eigenvalue weighted by Crippen LogP contribution is 2.19. The van der Waals surface area contributed by atoms with Gasteiger partial charge < -0.3 is 20.1 Å². The molecule has 1 aromatic heterocycles. The lowest BCUT2D eigenvalue weighted by Crippen LogP contribution is -2.51. The maximum absolute atomic E-state index is 6.06. The lowest BCUT2D eigenvalue weighted by Gasteiger charge is -2.36. The minimum atomic E-state index is 0. The van der Waals surface area contributed by atoms with E-state index in [2.05, 4.69) is 24.9 Å². The van der Waals surface area contributed by atoms with Crippen LogP contribution in [0.4, 0.5) is 5.69 Å². The monoisotopic (exact) mass is 462 g/mol. The van der Waals surface area contributed by atoms with E-state index in [9.17, 15) is 0 Å². The fraction of sp³-hybridized carbons (Fsp3) is 0.400. The van der Waals surface area contributed by atoms with E-state index in [-0.39, 0.29) is 24.0 Å². The number of guanidine groups is 1. The normalized spacial score (nSPS) is 15.3. The van der Waals surface area contributed by atoms with E-state index in [0.717, 1.165) is 31.2 Å². The van der Waals surface area contributed by atoms with Crippen LogP contribution >= 0.6 is 35.6 Å². The summed E-state index contributed by atoms with van der Waals surface area (Å²) in [6.07, 6.45) is 0. The second-order valence-electron chi connectivity index (χ2n) is 5.36. The second-order valence-corrected chi connectivity index (χ2v) is 5.80. The molecule has 7 nitrogen and oxygen atoms in total. The highest BCUT2D eigenvalue weighted by Gasteiger charge is 2.18. The molecular formula is C15H20ClIN6O. The summed E-state index contributed by atoms with van der Waals surface area (Å²) in [6, 6.07) is 7.89. The van der Waals surface area contributed by atoms with Crippen LogP contribution in [-0.4, -0.2) is 47.2 Å². The molecule has 1 aromatic carbocycles. The number of hydrogen-bond acceptors (Lipinski definition) is 5. The van der Waals surface area contributed by atoms with Crippen LogP contribution < -0.4 is 10.6 Å². The lowest BCUT2D eigenvalue weighted by molar-refractivity contribution is 0.368. The number of piperazine rings is 1. The number of nitrogens with two attached hydrogens (primary N) is 1. The maximum Gasteiger partial charge on any atom is 0.248 e. The third-order valence-electron chi connectivity index (χ3n) is 3.74. The van der Waals surface area contributed by atoms with Crippen molar-refractivity contribution in [2.24, 2.45) is 10.7 Å². The molecule has 0 unspecified atom stereocenters.